The number of benzene rings is 3. The molecule has 0 aliphatic heterocycles. The summed E-state index contributed by atoms with van der Waals surface area (Å²) in [5.41, 5.74) is 5.76. The van der Waals surface area contributed by atoms with Crippen molar-refractivity contribution in [2.75, 3.05) is 5.32 Å². The van der Waals surface area contributed by atoms with Gasteiger partial charge in [-0.25, -0.2) is 14.6 Å². The Balaban J connectivity index is 1.52. The van der Waals surface area contributed by atoms with E-state index < -0.39 is 6.03 Å². The van der Waals surface area contributed by atoms with Crippen LogP contribution in [0.15, 0.2) is 74.7 Å². The Labute approximate surface area is 190 Å². The van der Waals surface area contributed by atoms with E-state index in [-0.39, 0.29) is 5.82 Å². The first kappa shape index (κ1) is 22.0. The summed E-state index contributed by atoms with van der Waals surface area (Å²) >= 11 is 6.88. The molecule has 2 amide bonds. The number of aryl methyl sites for hydroxylation is 1. The molecule has 3 rings (SSSR count). The Morgan fingerprint density at radius 1 is 1.07 bits per heavy atom. The minimum Gasteiger partial charge on any atom is -0.488 e. The zero-order chi connectivity index (χ0) is 21.5. The van der Waals surface area contributed by atoms with E-state index >= 15 is 0 Å². The molecule has 30 heavy (non-hydrogen) atoms. The topological polar surface area (TPSA) is 62.7 Å². The predicted molar refractivity (Wildman–Crippen MR) is 124 cm³/mol. The van der Waals surface area contributed by atoms with Gasteiger partial charge in [-0.3, -0.25) is 0 Å². The molecule has 0 aromatic heterocycles. The van der Waals surface area contributed by atoms with Crippen LogP contribution in [0.3, 0.4) is 0 Å². The van der Waals surface area contributed by atoms with Gasteiger partial charge in [0.05, 0.1) is 10.7 Å². The summed E-state index contributed by atoms with van der Waals surface area (Å²) in [6, 6.07) is 16.6. The highest BCUT2D eigenvalue weighted by atomic mass is 79.9. The fraction of sp³-hybridized carbons (Fsp3) is 0.0909. The fourth-order valence-electron chi connectivity index (χ4n) is 2.50. The van der Waals surface area contributed by atoms with Gasteiger partial charge in [0.25, 0.3) is 0 Å². The Kier molecular flexibility index (Phi) is 7.59. The van der Waals surface area contributed by atoms with Gasteiger partial charge in [-0.05, 0) is 88.1 Å². The molecule has 2 N–H and O–H groups in total. The van der Waals surface area contributed by atoms with E-state index in [2.05, 4.69) is 47.7 Å². The molecule has 0 saturated carbocycles. The van der Waals surface area contributed by atoms with Gasteiger partial charge < -0.3 is 10.1 Å². The standard InChI is InChI=1S/C22H18Br2FN3O2/c1-14-10-18(7-8-19(14)23)27-22(29)28-26-12-16-4-9-21(20(24)11-16)30-13-15-2-5-17(25)6-3-15/h2-12H,13H2,1H3,(H2,27,28,29)/b26-12+. The van der Waals surface area contributed by atoms with E-state index in [9.17, 15) is 9.18 Å². The summed E-state index contributed by atoms with van der Waals surface area (Å²) < 4.78 is 20.4. The second kappa shape index (κ2) is 10.4. The lowest BCUT2D eigenvalue weighted by molar-refractivity contribution is 0.252. The number of nitrogens with one attached hydrogen (secondary N) is 2. The third-order valence-electron chi connectivity index (χ3n) is 4.06. The highest BCUT2D eigenvalue weighted by Crippen LogP contribution is 2.26. The number of nitrogens with zero attached hydrogens (tertiary/aromatic N) is 1. The molecule has 0 aliphatic rings. The molecule has 0 saturated heterocycles. The third kappa shape index (κ3) is 6.40. The molecule has 8 heteroatoms. The number of anilines is 1. The van der Waals surface area contributed by atoms with Gasteiger partial charge in [-0.1, -0.05) is 28.1 Å². The number of ether oxygens (including phenoxy) is 1. The van der Waals surface area contributed by atoms with Crippen molar-refractivity contribution in [2.45, 2.75) is 13.5 Å². The number of carbonyl (C=O) groups is 1. The lowest BCUT2D eigenvalue weighted by Gasteiger charge is -2.09. The Bertz CT molecular complexity index is 1070. The maximum absolute atomic E-state index is 13.0. The van der Waals surface area contributed by atoms with Crippen LogP contribution in [0.5, 0.6) is 5.75 Å². The zero-order valence-electron chi connectivity index (χ0n) is 16.0. The van der Waals surface area contributed by atoms with Crippen molar-refractivity contribution in [2.24, 2.45) is 5.10 Å². The molecule has 0 aliphatic carbocycles. The monoisotopic (exact) mass is 533 g/mol. The number of hydrogen-bond donors (Lipinski definition) is 2. The van der Waals surface area contributed by atoms with E-state index in [4.69, 9.17) is 4.74 Å². The van der Waals surface area contributed by atoms with E-state index in [0.29, 0.717) is 18.0 Å². The third-order valence-corrected chi connectivity index (χ3v) is 5.57. The van der Waals surface area contributed by atoms with Crippen LogP contribution in [-0.4, -0.2) is 12.2 Å². The second-order valence-electron chi connectivity index (χ2n) is 6.39. The van der Waals surface area contributed by atoms with Gasteiger partial charge in [-0.15, -0.1) is 0 Å². The van der Waals surface area contributed by atoms with Gasteiger partial charge >= 0.3 is 6.03 Å². The van der Waals surface area contributed by atoms with Crippen LogP contribution in [0.4, 0.5) is 14.9 Å². The minimum atomic E-state index is -0.439. The normalized spacial score (nSPS) is 10.8. The molecule has 154 valence electrons. The first-order valence-electron chi connectivity index (χ1n) is 8.94. The van der Waals surface area contributed by atoms with E-state index in [1.54, 1.807) is 24.3 Å². The molecule has 0 fully saturated rings. The Morgan fingerprint density at radius 3 is 2.53 bits per heavy atom. The van der Waals surface area contributed by atoms with Crippen molar-refractivity contribution in [1.82, 2.24) is 5.43 Å². The molecular weight excluding hydrogens is 517 g/mol. The number of hydrogen-bond acceptors (Lipinski definition) is 3. The summed E-state index contributed by atoms with van der Waals surface area (Å²) in [5.74, 6) is 0.366. The van der Waals surface area contributed by atoms with Crippen LogP contribution >= 0.6 is 31.9 Å². The van der Waals surface area contributed by atoms with Crippen LogP contribution in [0, 0.1) is 12.7 Å². The first-order valence-corrected chi connectivity index (χ1v) is 10.5. The van der Waals surface area contributed by atoms with Gasteiger partial charge in [0, 0.05) is 10.2 Å². The lowest BCUT2D eigenvalue weighted by Crippen LogP contribution is -2.24. The van der Waals surface area contributed by atoms with Gasteiger partial charge in [0.15, 0.2) is 0 Å². The SMILES string of the molecule is Cc1cc(NC(=O)N/N=C/c2ccc(OCc3ccc(F)cc3)c(Br)c2)ccc1Br. The van der Waals surface area contributed by atoms with E-state index in [1.165, 1.54) is 18.3 Å². The van der Waals surface area contributed by atoms with Crippen molar-refractivity contribution in [3.05, 3.63) is 92.1 Å². The summed E-state index contributed by atoms with van der Waals surface area (Å²) in [6.07, 6.45) is 1.53. The summed E-state index contributed by atoms with van der Waals surface area (Å²) in [6.45, 7) is 2.26. The van der Waals surface area contributed by atoms with Crippen molar-refractivity contribution < 1.29 is 13.9 Å². The Hall–Kier alpha value is -2.71. The molecule has 3 aromatic rings. The largest absolute Gasteiger partial charge is 0.488 e. The van der Waals surface area contributed by atoms with Crippen molar-refractivity contribution in [3.63, 3.8) is 0 Å². The van der Waals surface area contributed by atoms with Crippen LogP contribution in [-0.2, 0) is 6.61 Å². The van der Waals surface area contributed by atoms with Crippen molar-refractivity contribution in [3.8, 4) is 5.75 Å². The van der Waals surface area contributed by atoms with Crippen molar-refractivity contribution in [1.29, 1.82) is 0 Å². The highest BCUT2D eigenvalue weighted by Gasteiger charge is 2.04. The number of halogens is 3. The second-order valence-corrected chi connectivity index (χ2v) is 8.10. The van der Waals surface area contributed by atoms with Gasteiger partial charge in [0.2, 0.25) is 0 Å². The molecule has 0 radical (unpaired) electrons. The lowest BCUT2D eigenvalue weighted by atomic mass is 10.2. The van der Waals surface area contributed by atoms with Crippen LogP contribution in [0.1, 0.15) is 16.7 Å². The maximum atomic E-state index is 13.0. The molecule has 3 aromatic carbocycles. The number of carbonyl (C=O) groups excluding carboxylic acids is 1. The van der Waals surface area contributed by atoms with Gasteiger partial charge in [0.1, 0.15) is 18.2 Å². The zero-order valence-corrected chi connectivity index (χ0v) is 19.1. The molecule has 0 bridgehead atoms. The summed E-state index contributed by atoms with van der Waals surface area (Å²) in [7, 11) is 0. The first-order chi connectivity index (χ1) is 14.4. The molecule has 0 unspecified atom stereocenters. The number of urea groups is 1. The average Bonchev–Trinajstić information content (AvgIpc) is 2.71. The summed E-state index contributed by atoms with van der Waals surface area (Å²) in [4.78, 5) is 12.0. The predicted octanol–water partition coefficient (Wildman–Crippen LogP) is 6.39. The molecule has 0 atom stereocenters. The van der Waals surface area contributed by atoms with Crippen LogP contribution in [0.25, 0.3) is 0 Å². The number of hydrazone groups is 1. The number of amides is 2. The maximum Gasteiger partial charge on any atom is 0.339 e. The highest BCUT2D eigenvalue weighted by molar-refractivity contribution is 9.10. The van der Waals surface area contributed by atoms with Crippen LogP contribution in [0.2, 0.25) is 0 Å². The fourth-order valence-corrected chi connectivity index (χ4v) is 3.26. The number of rotatable bonds is 6. The van der Waals surface area contributed by atoms with E-state index in [1.807, 2.05) is 31.2 Å². The van der Waals surface area contributed by atoms with Gasteiger partial charge in [-0.2, -0.15) is 5.10 Å². The molecule has 0 heterocycles. The van der Waals surface area contributed by atoms with Crippen LogP contribution < -0.4 is 15.5 Å². The van der Waals surface area contributed by atoms with E-state index in [0.717, 1.165) is 25.6 Å². The van der Waals surface area contributed by atoms with Crippen molar-refractivity contribution >= 4 is 49.8 Å². The smallest absolute Gasteiger partial charge is 0.339 e. The molecular formula is C22H18Br2FN3O2. The molecule has 0 spiro atoms. The molecule has 5 nitrogen and oxygen atoms in total. The summed E-state index contributed by atoms with van der Waals surface area (Å²) in [5, 5.41) is 6.67. The minimum absolute atomic E-state index is 0.280. The quantitative estimate of drug-likeness (QED) is 0.284. The Morgan fingerprint density at radius 2 is 1.83 bits per heavy atom. The average molecular weight is 535 g/mol.